The molecule has 0 saturated carbocycles. The highest BCUT2D eigenvalue weighted by molar-refractivity contribution is 7.87. The lowest BCUT2D eigenvalue weighted by Gasteiger charge is -2.33. The lowest BCUT2D eigenvalue weighted by molar-refractivity contribution is 0.0385. The van der Waals surface area contributed by atoms with E-state index in [4.69, 9.17) is 16.3 Å². The van der Waals surface area contributed by atoms with Crippen molar-refractivity contribution >= 4 is 21.8 Å². The number of nitrogens with one attached hydrogen (secondary N) is 1. The number of ether oxygens (including phenoxy) is 1. The summed E-state index contributed by atoms with van der Waals surface area (Å²) in [4.78, 5) is 0. The van der Waals surface area contributed by atoms with Gasteiger partial charge in [0, 0.05) is 23.7 Å². The first-order valence-corrected chi connectivity index (χ1v) is 8.81. The summed E-state index contributed by atoms with van der Waals surface area (Å²) >= 11 is 5.84. The quantitative estimate of drug-likeness (QED) is 0.895. The van der Waals surface area contributed by atoms with Crippen molar-refractivity contribution in [3.63, 3.8) is 0 Å². The lowest BCUT2D eigenvalue weighted by Crippen LogP contribution is -2.53. The predicted octanol–water partition coefficient (Wildman–Crippen LogP) is 1.83. The Kier molecular flexibility index (Phi) is 5.62. The van der Waals surface area contributed by atoms with Crippen molar-refractivity contribution in [1.82, 2.24) is 9.03 Å². The fraction of sp³-hybridized carbons (Fsp3) is 0.571. The van der Waals surface area contributed by atoms with E-state index >= 15 is 0 Å². The summed E-state index contributed by atoms with van der Waals surface area (Å²) in [5.41, 5.74) is 1.05. The van der Waals surface area contributed by atoms with Crippen molar-refractivity contribution in [1.29, 1.82) is 0 Å². The van der Waals surface area contributed by atoms with E-state index in [1.54, 1.807) is 0 Å². The van der Waals surface area contributed by atoms with Gasteiger partial charge in [0.1, 0.15) is 0 Å². The van der Waals surface area contributed by atoms with Crippen LogP contribution in [0.25, 0.3) is 0 Å². The molecule has 0 aliphatic carbocycles. The highest BCUT2D eigenvalue weighted by atomic mass is 35.5. The van der Waals surface area contributed by atoms with Crippen molar-refractivity contribution in [2.75, 3.05) is 19.8 Å². The maximum atomic E-state index is 12.4. The third-order valence-electron chi connectivity index (χ3n) is 3.42. The Morgan fingerprint density at radius 2 is 2.10 bits per heavy atom. The van der Waals surface area contributed by atoms with Gasteiger partial charge >= 0.3 is 0 Å². The van der Waals surface area contributed by atoms with E-state index < -0.39 is 10.2 Å². The summed E-state index contributed by atoms with van der Waals surface area (Å²) < 4.78 is 34.2. The van der Waals surface area contributed by atoms with E-state index in [0.717, 1.165) is 5.56 Å². The summed E-state index contributed by atoms with van der Waals surface area (Å²) in [6.07, 6.45) is 0.620. The predicted molar refractivity (Wildman–Crippen MR) is 83.7 cm³/mol. The Bertz CT molecular complexity index is 562. The molecule has 1 aromatic carbocycles. The minimum atomic E-state index is -3.48. The smallest absolute Gasteiger partial charge is 0.280 e. The molecular weight excluding hydrogens is 312 g/mol. The third kappa shape index (κ3) is 4.66. The van der Waals surface area contributed by atoms with Gasteiger partial charge < -0.3 is 4.74 Å². The Morgan fingerprint density at radius 1 is 1.43 bits per heavy atom. The minimum absolute atomic E-state index is 0.140. The Labute approximate surface area is 131 Å². The summed E-state index contributed by atoms with van der Waals surface area (Å²) in [7, 11) is -3.48. The van der Waals surface area contributed by atoms with Crippen LogP contribution in [0.15, 0.2) is 24.3 Å². The van der Waals surface area contributed by atoms with E-state index in [1.807, 2.05) is 38.1 Å². The maximum Gasteiger partial charge on any atom is 0.280 e. The summed E-state index contributed by atoms with van der Waals surface area (Å²) in [6, 6.07) is 7.10. The van der Waals surface area contributed by atoms with Crippen molar-refractivity contribution in [2.45, 2.75) is 32.4 Å². The molecule has 21 heavy (non-hydrogen) atoms. The molecule has 0 unspecified atom stereocenters. The number of rotatable bonds is 5. The molecule has 1 N–H and O–H groups in total. The third-order valence-corrected chi connectivity index (χ3v) is 5.53. The highest BCUT2D eigenvalue weighted by Gasteiger charge is 2.30. The first-order chi connectivity index (χ1) is 9.88. The molecule has 0 amide bonds. The molecular formula is C14H21ClN2O3S. The Morgan fingerprint density at radius 3 is 2.71 bits per heavy atom. The van der Waals surface area contributed by atoms with E-state index in [-0.39, 0.29) is 12.1 Å². The fourth-order valence-electron chi connectivity index (χ4n) is 2.41. The molecule has 0 spiro atoms. The fourth-order valence-corrected chi connectivity index (χ4v) is 4.11. The number of hydrogen-bond acceptors (Lipinski definition) is 3. The van der Waals surface area contributed by atoms with Crippen LogP contribution in [0.2, 0.25) is 5.02 Å². The molecule has 2 atom stereocenters. The highest BCUT2D eigenvalue weighted by Crippen LogP contribution is 2.14. The van der Waals surface area contributed by atoms with Crippen LogP contribution >= 0.6 is 11.6 Å². The molecule has 0 radical (unpaired) electrons. The van der Waals surface area contributed by atoms with E-state index in [9.17, 15) is 8.42 Å². The largest absolute Gasteiger partial charge is 0.378 e. The molecule has 5 nitrogen and oxygen atoms in total. The van der Waals surface area contributed by atoms with Crippen LogP contribution in [-0.4, -0.2) is 44.6 Å². The molecule has 7 heteroatoms. The van der Waals surface area contributed by atoms with Crippen molar-refractivity contribution in [2.24, 2.45) is 0 Å². The Balaban J connectivity index is 1.97. The second kappa shape index (κ2) is 7.07. The number of hydrogen-bond donors (Lipinski definition) is 1. The molecule has 1 aliphatic heterocycles. The van der Waals surface area contributed by atoms with Crippen LogP contribution < -0.4 is 4.72 Å². The summed E-state index contributed by atoms with van der Waals surface area (Å²) in [6.45, 7) is 4.98. The SMILES string of the molecule is C[C@H](Cc1ccc(Cl)cc1)NS(=O)(=O)N1CCOC[C@@H]1C. The Hall–Kier alpha value is -0.660. The average Bonchev–Trinajstić information content (AvgIpc) is 2.41. The number of morpholine rings is 1. The molecule has 1 aliphatic rings. The number of halogens is 1. The first kappa shape index (κ1) is 16.7. The molecule has 1 aromatic rings. The van der Waals surface area contributed by atoms with Crippen molar-refractivity contribution < 1.29 is 13.2 Å². The van der Waals surface area contributed by atoms with Crippen LogP contribution in [0, 0.1) is 0 Å². The molecule has 1 fully saturated rings. The molecule has 0 bridgehead atoms. The van der Waals surface area contributed by atoms with Gasteiger partial charge in [0.15, 0.2) is 0 Å². The molecule has 0 aromatic heterocycles. The standard InChI is InChI=1S/C14H21ClN2O3S/c1-11(9-13-3-5-14(15)6-4-13)16-21(18,19)17-7-8-20-10-12(17)2/h3-6,11-12,16H,7-10H2,1-2H3/t11-,12+/m1/s1. The van der Waals surface area contributed by atoms with Crippen LogP contribution in [-0.2, 0) is 21.4 Å². The van der Waals surface area contributed by atoms with E-state index in [0.29, 0.717) is 31.2 Å². The minimum Gasteiger partial charge on any atom is -0.378 e. The topological polar surface area (TPSA) is 58.6 Å². The van der Waals surface area contributed by atoms with Crippen molar-refractivity contribution in [3.05, 3.63) is 34.9 Å². The van der Waals surface area contributed by atoms with Gasteiger partial charge in [-0.05, 0) is 38.0 Å². The van der Waals surface area contributed by atoms with Crippen LogP contribution in [0.3, 0.4) is 0 Å². The van der Waals surface area contributed by atoms with Gasteiger partial charge in [-0.2, -0.15) is 17.4 Å². The van der Waals surface area contributed by atoms with Crippen LogP contribution in [0.1, 0.15) is 19.4 Å². The van der Waals surface area contributed by atoms with Gasteiger partial charge in [-0.3, -0.25) is 0 Å². The molecule has 2 rings (SSSR count). The maximum absolute atomic E-state index is 12.4. The average molecular weight is 333 g/mol. The van der Waals surface area contributed by atoms with Crippen LogP contribution in [0.5, 0.6) is 0 Å². The lowest BCUT2D eigenvalue weighted by atomic mass is 10.1. The van der Waals surface area contributed by atoms with Gasteiger partial charge in [-0.25, -0.2) is 0 Å². The van der Waals surface area contributed by atoms with Crippen molar-refractivity contribution in [3.8, 4) is 0 Å². The zero-order valence-corrected chi connectivity index (χ0v) is 13.8. The van der Waals surface area contributed by atoms with Gasteiger partial charge in [-0.15, -0.1) is 0 Å². The van der Waals surface area contributed by atoms with E-state index in [2.05, 4.69) is 4.72 Å². The van der Waals surface area contributed by atoms with Crippen LogP contribution in [0.4, 0.5) is 0 Å². The van der Waals surface area contributed by atoms with Gasteiger partial charge in [-0.1, -0.05) is 23.7 Å². The summed E-state index contributed by atoms with van der Waals surface area (Å²) in [5.74, 6) is 0. The second-order valence-electron chi connectivity index (χ2n) is 5.39. The van der Waals surface area contributed by atoms with Gasteiger partial charge in [0.2, 0.25) is 0 Å². The molecule has 1 saturated heterocycles. The normalized spacial score (nSPS) is 22.1. The molecule has 118 valence electrons. The molecule has 1 heterocycles. The number of nitrogens with zero attached hydrogens (tertiary/aromatic N) is 1. The second-order valence-corrected chi connectivity index (χ2v) is 7.48. The monoisotopic (exact) mass is 332 g/mol. The van der Waals surface area contributed by atoms with Gasteiger partial charge in [0.25, 0.3) is 10.2 Å². The first-order valence-electron chi connectivity index (χ1n) is 7.00. The zero-order chi connectivity index (χ0) is 15.5. The zero-order valence-electron chi connectivity index (χ0n) is 12.3. The number of benzene rings is 1. The van der Waals surface area contributed by atoms with Gasteiger partial charge in [0.05, 0.1) is 13.2 Å². The summed E-state index contributed by atoms with van der Waals surface area (Å²) in [5, 5.41) is 0.675. The van der Waals surface area contributed by atoms with E-state index in [1.165, 1.54) is 4.31 Å².